The van der Waals surface area contributed by atoms with Gasteiger partial charge in [-0.2, -0.15) is 0 Å². The maximum absolute atomic E-state index is 12.1. The highest BCUT2D eigenvalue weighted by molar-refractivity contribution is 9.10. The highest BCUT2D eigenvalue weighted by atomic mass is 79.9. The minimum Gasteiger partial charge on any atom is -0.341 e. The molecular weight excluding hydrogens is 316 g/mol. The van der Waals surface area contributed by atoms with Crippen molar-refractivity contribution in [3.05, 3.63) is 34.3 Å². The molecule has 5 heteroatoms. The molecule has 1 heterocycles. The lowest BCUT2D eigenvalue weighted by Crippen LogP contribution is -2.35. The Hall–Kier alpha value is -0.580. The predicted octanol–water partition coefficient (Wildman–Crippen LogP) is 2.24. The molecule has 18 heavy (non-hydrogen) atoms. The molecule has 1 aromatic rings. The quantitative estimate of drug-likeness (QED) is 0.900. The normalized spacial score (nSPS) is 15.7. The molecule has 1 aliphatic heterocycles. The van der Waals surface area contributed by atoms with Crippen molar-refractivity contribution >= 4 is 34.2 Å². The van der Waals surface area contributed by atoms with Crippen LogP contribution in [-0.4, -0.2) is 37.0 Å². The van der Waals surface area contributed by atoms with E-state index in [1.165, 1.54) is 0 Å². The van der Waals surface area contributed by atoms with Crippen LogP contribution < -0.4 is 5.32 Å². The van der Waals surface area contributed by atoms with Gasteiger partial charge in [0.25, 0.3) is 0 Å². The Bertz CT molecular complexity index is 392. The van der Waals surface area contributed by atoms with Gasteiger partial charge in [0.1, 0.15) is 0 Å². The van der Waals surface area contributed by atoms with E-state index in [4.69, 9.17) is 0 Å². The van der Waals surface area contributed by atoms with Crippen LogP contribution in [0.25, 0.3) is 0 Å². The van der Waals surface area contributed by atoms with E-state index in [0.717, 1.165) is 42.6 Å². The lowest BCUT2D eigenvalue weighted by atomic mass is 10.1. The molecule has 0 spiro atoms. The number of hydrogen-bond donors (Lipinski definition) is 1. The summed E-state index contributed by atoms with van der Waals surface area (Å²) in [6.45, 7) is 3.61. The minimum absolute atomic E-state index is 0. The molecule has 3 nitrogen and oxygen atoms in total. The fraction of sp³-hybridized carbons (Fsp3) is 0.462. The summed E-state index contributed by atoms with van der Waals surface area (Å²) in [6.07, 6.45) is 1.53. The molecule has 1 N–H and O–H groups in total. The fourth-order valence-electron chi connectivity index (χ4n) is 2.01. The molecule has 0 saturated carbocycles. The van der Waals surface area contributed by atoms with Crippen molar-refractivity contribution in [2.75, 3.05) is 26.2 Å². The van der Waals surface area contributed by atoms with Crippen LogP contribution in [0, 0.1) is 0 Å². The minimum atomic E-state index is 0. The molecule has 0 unspecified atom stereocenters. The number of nitrogens with one attached hydrogen (secondary N) is 1. The van der Waals surface area contributed by atoms with E-state index < -0.39 is 0 Å². The zero-order valence-electron chi connectivity index (χ0n) is 10.2. The number of halogens is 2. The van der Waals surface area contributed by atoms with Crippen molar-refractivity contribution in [2.24, 2.45) is 0 Å². The Morgan fingerprint density at radius 2 is 2.06 bits per heavy atom. The van der Waals surface area contributed by atoms with Crippen LogP contribution in [0.1, 0.15) is 12.0 Å². The average Bonchev–Trinajstić information content (AvgIpc) is 2.61. The lowest BCUT2D eigenvalue weighted by molar-refractivity contribution is -0.130. The zero-order chi connectivity index (χ0) is 12.1. The van der Waals surface area contributed by atoms with Crippen molar-refractivity contribution in [1.82, 2.24) is 10.2 Å². The second-order valence-electron chi connectivity index (χ2n) is 4.25. The van der Waals surface area contributed by atoms with E-state index in [1.54, 1.807) is 0 Å². The van der Waals surface area contributed by atoms with E-state index in [1.807, 2.05) is 29.2 Å². The van der Waals surface area contributed by atoms with Gasteiger partial charge in [0.05, 0.1) is 6.42 Å². The molecule has 0 radical (unpaired) electrons. The molecule has 0 atom stereocenters. The van der Waals surface area contributed by atoms with E-state index in [2.05, 4.69) is 21.2 Å². The van der Waals surface area contributed by atoms with Crippen LogP contribution in [0.4, 0.5) is 0 Å². The first kappa shape index (κ1) is 15.5. The lowest BCUT2D eigenvalue weighted by Gasteiger charge is -2.20. The summed E-state index contributed by atoms with van der Waals surface area (Å²) in [5.41, 5.74) is 1.06. The van der Waals surface area contributed by atoms with Crippen molar-refractivity contribution in [3.63, 3.8) is 0 Å². The SMILES string of the molecule is Cl.O=C(Cc1ccccc1Br)N1CCCNCC1. The van der Waals surface area contributed by atoms with Crippen LogP contribution in [0.15, 0.2) is 28.7 Å². The molecule has 1 aliphatic rings. The first-order chi connectivity index (χ1) is 8.27. The summed E-state index contributed by atoms with van der Waals surface area (Å²) in [5, 5.41) is 3.30. The van der Waals surface area contributed by atoms with Gasteiger partial charge < -0.3 is 10.2 Å². The van der Waals surface area contributed by atoms with E-state index in [0.29, 0.717) is 6.42 Å². The smallest absolute Gasteiger partial charge is 0.227 e. The predicted molar refractivity (Wildman–Crippen MR) is 79.2 cm³/mol. The topological polar surface area (TPSA) is 32.3 Å². The molecule has 1 saturated heterocycles. The standard InChI is InChI=1S/C13H17BrN2O.ClH/c14-12-5-2-1-4-11(12)10-13(17)16-8-3-6-15-7-9-16;/h1-2,4-5,15H,3,6-10H2;1H. The first-order valence-electron chi connectivity index (χ1n) is 5.99. The molecule has 2 rings (SSSR count). The molecule has 0 aromatic heterocycles. The number of rotatable bonds is 2. The van der Waals surface area contributed by atoms with E-state index in [9.17, 15) is 4.79 Å². The number of carbonyl (C=O) groups excluding carboxylic acids is 1. The highest BCUT2D eigenvalue weighted by Gasteiger charge is 2.16. The number of benzene rings is 1. The Balaban J connectivity index is 0.00000162. The summed E-state index contributed by atoms with van der Waals surface area (Å²) in [4.78, 5) is 14.1. The summed E-state index contributed by atoms with van der Waals surface area (Å²) in [5.74, 6) is 0.223. The zero-order valence-corrected chi connectivity index (χ0v) is 12.6. The molecule has 1 aromatic carbocycles. The van der Waals surface area contributed by atoms with Gasteiger partial charge in [-0.25, -0.2) is 0 Å². The van der Waals surface area contributed by atoms with Crippen molar-refractivity contribution in [1.29, 1.82) is 0 Å². The Morgan fingerprint density at radius 1 is 1.28 bits per heavy atom. The van der Waals surface area contributed by atoms with E-state index >= 15 is 0 Å². The molecular formula is C13H18BrClN2O. The van der Waals surface area contributed by atoms with E-state index in [-0.39, 0.29) is 18.3 Å². The van der Waals surface area contributed by atoms with Crippen LogP contribution in [-0.2, 0) is 11.2 Å². The number of nitrogens with zero attached hydrogens (tertiary/aromatic N) is 1. The van der Waals surface area contributed by atoms with Crippen LogP contribution >= 0.6 is 28.3 Å². The summed E-state index contributed by atoms with van der Waals surface area (Å²) < 4.78 is 1.02. The number of hydrogen-bond acceptors (Lipinski definition) is 2. The van der Waals surface area contributed by atoms with Gasteiger partial charge in [0.2, 0.25) is 5.91 Å². The summed E-state index contributed by atoms with van der Waals surface area (Å²) in [6, 6.07) is 7.91. The van der Waals surface area contributed by atoms with Gasteiger partial charge in [-0.05, 0) is 24.6 Å². The van der Waals surface area contributed by atoms with Gasteiger partial charge >= 0.3 is 0 Å². The number of amides is 1. The van der Waals surface area contributed by atoms with Gasteiger partial charge in [-0.1, -0.05) is 34.1 Å². The van der Waals surface area contributed by atoms with Crippen molar-refractivity contribution < 1.29 is 4.79 Å². The third-order valence-corrected chi connectivity index (χ3v) is 3.77. The van der Waals surface area contributed by atoms with Crippen LogP contribution in [0.5, 0.6) is 0 Å². The Kier molecular flexibility index (Phi) is 6.68. The number of carbonyl (C=O) groups is 1. The maximum Gasteiger partial charge on any atom is 0.227 e. The average molecular weight is 334 g/mol. The van der Waals surface area contributed by atoms with Crippen molar-refractivity contribution in [2.45, 2.75) is 12.8 Å². The second kappa shape index (κ2) is 7.77. The molecule has 0 bridgehead atoms. The Labute approximate surface area is 122 Å². The Morgan fingerprint density at radius 3 is 2.83 bits per heavy atom. The van der Waals surface area contributed by atoms with Gasteiger partial charge in [0, 0.05) is 24.1 Å². The largest absolute Gasteiger partial charge is 0.341 e. The summed E-state index contributed by atoms with van der Waals surface area (Å²) in [7, 11) is 0. The highest BCUT2D eigenvalue weighted by Crippen LogP contribution is 2.17. The molecule has 1 amide bonds. The van der Waals surface area contributed by atoms with Gasteiger partial charge in [-0.15, -0.1) is 12.4 Å². The third kappa shape index (κ3) is 4.26. The summed E-state index contributed by atoms with van der Waals surface area (Å²) >= 11 is 3.48. The van der Waals surface area contributed by atoms with Gasteiger partial charge in [0.15, 0.2) is 0 Å². The molecule has 1 fully saturated rings. The molecule has 100 valence electrons. The van der Waals surface area contributed by atoms with Gasteiger partial charge in [-0.3, -0.25) is 4.79 Å². The second-order valence-corrected chi connectivity index (χ2v) is 5.11. The first-order valence-corrected chi connectivity index (χ1v) is 6.78. The molecule has 0 aliphatic carbocycles. The maximum atomic E-state index is 12.1. The van der Waals surface area contributed by atoms with Crippen LogP contribution in [0.2, 0.25) is 0 Å². The van der Waals surface area contributed by atoms with Crippen molar-refractivity contribution in [3.8, 4) is 0 Å². The van der Waals surface area contributed by atoms with Crippen LogP contribution in [0.3, 0.4) is 0 Å². The fourth-order valence-corrected chi connectivity index (χ4v) is 2.44. The monoisotopic (exact) mass is 332 g/mol. The third-order valence-electron chi connectivity index (χ3n) is 2.99.